The highest BCUT2D eigenvalue weighted by atomic mass is 16.2. The van der Waals surface area contributed by atoms with Gasteiger partial charge in [-0.3, -0.25) is 9.59 Å². The summed E-state index contributed by atoms with van der Waals surface area (Å²) in [6.45, 7) is 2.30. The van der Waals surface area contributed by atoms with Gasteiger partial charge in [0.05, 0.1) is 24.6 Å². The van der Waals surface area contributed by atoms with Gasteiger partial charge in [-0.15, -0.1) is 0 Å². The number of benzene rings is 2. The van der Waals surface area contributed by atoms with Crippen molar-refractivity contribution in [2.75, 3.05) is 4.90 Å². The van der Waals surface area contributed by atoms with Crippen molar-refractivity contribution >= 4 is 17.4 Å². The summed E-state index contributed by atoms with van der Waals surface area (Å²) in [6, 6.07) is 14.8. The molecule has 0 aliphatic carbocycles. The van der Waals surface area contributed by atoms with Crippen molar-refractivity contribution < 1.29 is 9.59 Å². The first-order valence-corrected chi connectivity index (χ1v) is 7.58. The lowest BCUT2D eigenvalue weighted by molar-refractivity contribution is -0.117. The fourth-order valence-electron chi connectivity index (χ4n) is 2.80. The molecule has 4 nitrogen and oxygen atoms in total. The highest BCUT2D eigenvalue weighted by Crippen LogP contribution is 2.31. The number of carbonyl (C=O) groups is 2. The molecule has 2 aromatic rings. The summed E-state index contributed by atoms with van der Waals surface area (Å²) in [5, 5.41) is 8.83. The molecule has 0 atom stereocenters. The minimum atomic E-state index is 0.0328. The fraction of sp³-hybridized carbons (Fsp3) is 0.211. The van der Waals surface area contributed by atoms with Gasteiger partial charge in [-0.1, -0.05) is 19.1 Å². The molecule has 0 aromatic heterocycles. The molecule has 4 heteroatoms. The first-order valence-electron chi connectivity index (χ1n) is 7.58. The lowest BCUT2D eigenvalue weighted by Crippen LogP contribution is -2.25. The smallest absolute Gasteiger partial charge is 0.231 e. The second-order valence-electron chi connectivity index (χ2n) is 5.59. The van der Waals surface area contributed by atoms with E-state index in [1.54, 1.807) is 23.1 Å². The van der Waals surface area contributed by atoms with Crippen molar-refractivity contribution in [2.24, 2.45) is 0 Å². The zero-order chi connectivity index (χ0) is 16.4. The van der Waals surface area contributed by atoms with Crippen LogP contribution >= 0.6 is 0 Å². The molecule has 1 amide bonds. The Labute approximate surface area is 135 Å². The number of anilines is 1. The molecule has 0 unspecified atom stereocenters. The van der Waals surface area contributed by atoms with E-state index in [1.807, 2.05) is 31.2 Å². The van der Waals surface area contributed by atoms with Gasteiger partial charge in [-0.2, -0.15) is 5.26 Å². The van der Waals surface area contributed by atoms with Gasteiger partial charge in [0.25, 0.3) is 0 Å². The van der Waals surface area contributed by atoms with E-state index in [1.165, 1.54) is 0 Å². The maximum absolute atomic E-state index is 12.3. The highest BCUT2D eigenvalue weighted by molar-refractivity contribution is 6.03. The van der Waals surface area contributed by atoms with Crippen molar-refractivity contribution in [3.05, 3.63) is 64.7 Å². The minimum absolute atomic E-state index is 0.0328. The van der Waals surface area contributed by atoms with E-state index in [4.69, 9.17) is 5.26 Å². The molecule has 0 bridgehead atoms. The maximum Gasteiger partial charge on any atom is 0.231 e. The van der Waals surface area contributed by atoms with Crippen LogP contribution in [0.25, 0.3) is 0 Å². The predicted octanol–water partition coefficient (Wildman–Crippen LogP) is 3.24. The van der Waals surface area contributed by atoms with Gasteiger partial charge in [0.1, 0.15) is 0 Å². The molecule has 2 aromatic carbocycles. The van der Waals surface area contributed by atoms with E-state index in [9.17, 15) is 9.59 Å². The fourth-order valence-corrected chi connectivity index (χ4v) is 2.80. The normalized spacial score (nSPS) is 12.9. The molecule has 0 N–H and O–H groups in total. The van der Waals surface area contributed by atoms with Crippen LogP contribution in [-0.2, 0) is 17.8 Å². The number of ketones is 1. The van der Waals surface area contributed by atoms with Crippen LogP contribution in [0.3, 0.4) is 0 Å². The summed E-state index contributed by atoms with van der Waals surface area (Å²) in [5.74, 6) is 0.122. The van der Waals surface area contributed by atoms with Crippen LogP contribution in [-0.4, -0.2) is 11.7 Å². The van der Waals surface area contributed by atoms with Gasteiger partial charge in [-0.25, -0.2) is 0 Å². The molecule has 1 aliphatic rings. The number of carbonyl (C=O) groups excluding carboxylic acids is 2. The third-order valence-electron chi connectivity index (χ3n) is 4.08. The maximum atomic E-state index is 12.3. The Balaban J connectivity index is 1.86. The summed E-state index contributed by atoms with van der Waals surface area (Å²) in [4.78, 5) is 25.8. The van der Waals surface area contributed by atoms with Gasteiger partial charge < -0.3 is 4.90 Å². The van der Waals surface area contributed by atoms with Gasteiger partial charge in [0.15, 0.2) is 5.78 Å². The SMILES string of the molecule is CCC(=O)c1ccc2c(c1)CC(=O)N2Cc1ccc(C#N)cc1. The van der Waals surface area contributed by atoms with Crippen molar-refractivity contribution in [2.45, 2.75) is 26.3 Å². The molecule has 114 valence electrons. The summed E-state index contributed by atoms with van der Waals surface area (Å²) in [6.07, 6.45) is 0.790. The van der Waals surface area contributed by atoms with Crippen LogP contribution in [0.4, 0.5) is 5.69 Å². The Hall–Kier alpha value is -2.93. The van der Waals surface area contributed by atoms with Crippen LogP contribution in [0.15, 0.2) is 42.5 Å². The zero-order valence-corrected chi connectivity index (χ0v) is 12.9. The number of nitrogens with zero attached hydrogens (tertiary/aromatic N) is 2. The molecule has 0 saturated carbocycles. The minimum Gasteiger partial charge on any atom is -0.307 e. The van der Waals surface area contributed by atoms with E-state index in [-0.39, 0.29) is 11.7 Å². The van der Waals surface area contributed by atoms with Crippen LogP contribution < -0.4 is 4.90 Å². The van der Waals surface area contributed by atoms with Crippen molar-refractivity contribution in [3.8, 4) is 6.07 Å². The predicted molar refractivity (Wildman–Crippen MR) is 87.1 cm³/mol. The van der Waals surface area contributed by atoms with E-state index in [2.05, 4.69) is 6.07 Å². The third-order valence-corrected chi connectivity index (χ3v) is 4.08. The molecule has 1 heterocycles. The van der Waals surface area contributed by atoms with Gasteiger partial charge in [-0.05, 0) is 41.5 Å². The summed E-state index contributed by atoms with van der Waals surface area (Å²) >= 11 is 0. The lowest BCUT2D eigenvalue weighted by atomic mass is 10.0. The molecular formula is C19H16N2O2. The quantitative estimate of drug-likeness (QED) is 0.815. The monoisotopic (exact) mass is 304 g/mol. The van der Waals surface area contributed by atoms with Gasteiger partial charge in [0, 0.05) is 17.7 Å². The number of Topliss-reactive ketones (excluding diaryl/α,β-unsaturated/α-hetero) is 1. The van der Waals surface area contributed by atoms with Crippen molar-refractivity contribution in [3.63, 3.8) is 0 Å². The number of hydrogen-bond acceptors (Lipinski definition) is 3. The van der Waals surface area contributed by atoms with Gasteiger partial charge in [0.2, 0.25) is 5.91 Å². The number of amides is 1. The lowest BCUT2D eigenvalue weighted by Gasteiger charge is -2.18. The largest absolute Gasteiger partial charge is 0.307 e. The molecule has 0 radical (unpaired) electrons. The first-order chi connectivity index (χ1) is 11.1. The summed E-state index contributed by atoms with van der Waals surface area (Å²) in [5.41, 5.74) is 4.01. The Bertz CT molecular complexity index is 816. The van der Waals surface area contributed by atoms with E-state index in [0.717, 1.165) is 16.8 Å². The Morgan fingerprint density at radius 3 is 2.61 bits per heavy atom. The molecule has 0 spiro atoms. The second kappa shape index (κ2) is 6.05. The number of fused-ring (bicyclic) bond motifs is 1. The molecule has 1 aliphatic heterocycles. The average molecular weight is 304 g/mol. The molecule has 23 heavy (non-hydrogen) atoms. The Morgan fingerprint density at radius 2 is 1.96 bits per heavy atom. The van der Waals surface area contributed by atoms with Crippen LogP contribution in [0, 0.1) is 11.3 Å². The van der Waals surface area contributed by atoms with Gasteiger partial charge >= 0.3 is 0 Å². The Morgan fingerprint density at radius 1 is 1.22 bits per heavy atom. The van der Waals surface area contributed by atoms with E-state index < -0.39 is 0 Å². The third kappa shape index (κ3) is 2.86. The van der Waals surface area contributed by atoms with Crippen molar-refractivity contribution in [1.29, 1.82) is 5.26 Å². The topological polar surface area (TPSA) is 61.2 Å². The average Bonchev–Trinajstić information content (AvgIpc) is 2.89. The molecule has 3 rings (SSSR count). The molecular weight excluding hydrogens is 288 g/mol. The molecule has 0 fully saturated rings. The van der Waals surface area contributed by atoms with Crippen LogP contribution in [0.5, 0.6) is 0 Å². The van der Waals surface area contributed by atoms with E-state index >= 15 is 0 Å². The standard InChI is InChI=1S/C19H16N2O2/c1-2-18(22)15-7-8-17-16(9-15)10-19(23)21(17)12-14-5-3-13(11-20)4-6-14/h3-9H,2,10,12H2,1H3. The Kier molecular flexibility index (Phi) is 3.94. The number of hydrogen-bond donors (Lipinski definition) is 0. The van der Waals surface area contributed by atoms with Crippen LogP contribution in [0.2, 0.25) is 0 Å². The number of rotatable bonds is 4. The number of nitriles is 1. The van der Waals surface area contributed by atoms with E-state index in [0.29, 0.717) is 30.5 Å². The second-order valence-corrected chi connectivity index (χ2v) is 5.59. The summed E-state index contributed by atoms with van der Waals surface area (Å²) < 4.78 is 0. The van der Waals surface area contributed by atoms with Crippen LogP contribution in [0.1, 0.15) is 40.4 Å². The zero-order valence-electron chi connectivity index (χ0n) is 12.9. The van der Waals surface area contributed by atoms with Crippen molar-refractivity contribution in [1.82, 2.24) is 0 Å². The first kappa shape index (κ1) is 15.0. The summed E-state index contributed by atoms with van der Waals surface area (Å²) in [7, 11) is 0. The highest BCUT2D eigenvalue weighted by Gasteiger charge is 2.27. The molecule has 0 saturated heterocycles.